The van der Waals surface area contributed by atoms with E-state index in [0.29, 0.717) is 13.0 Å². The van der Waals surface area contributed by atoms with Crippen molar-refractivity contribution in [2.75, 3.05) is 11.9 Å². The summed E-state index contributed by atoms with van der Waals surface area (Å²) in [5, 5.41) is 11.6. The van der Waals surface area contributed by atoms with Gasteiger partial charge in [-0.2, -0.15) is 0 Å². The highest BCUT2D eigenvalue weighted by molar-refractivity contribution is 5.73. The Bertz CT molecular complexity index is 419. The van der Waals surface area contributed by atoms with E-state index in [1.807, 2.05) is 0 Å². The highest BCUT2D eigenvalue weighted by Gasteiger charge is 2.26. The van der Waals surface area contributed by atoms with Gasteiger partial charge in [0.15, 0.2) is 0 Å². The first-order chi connectivity index (χ1) is 7.83. The standard InChI is InChI=1S/C12H15F2NO2/c1-12(2,11(16)17)5-6-15-10-4-3-8(13)7-9(10)14/h3-4,7,15H,5-6H2,1-2H3,(H,16,17). The maximum atomic E-state index is 13.2. The third kappa shape index (κ3) is 3.69. The Morgan fingerprint density at radius 1 is 1.41 bits per heavy atom. The van der Waals surface area contributed by atoms with Crippen molar-refractivity contribution in [1.29, 1.82) is 0 Å². The molecule has 3 nitrogen and oxygen atoms in total. The van der Waals surface area contributed by atoms with Crippen LogP contribution in [0.3, 0.4) is 0 Å². The Labute approximate surface area is 98.5 Å². The SMILES string of the molecule is CC(C)(CCNc1ccc(F)cc1F)C(=O)O. The molecule has 1 aromatic carbocycles. The van der Waals surface area contributed by atoms with E-state index in [-0.39, 0.29) is 5.69 Å². The number of hydrogen-bond acceptors (Lipinski definition) is 2. The van der Waals surface area contributed by atoms with Crippen LogP contribution in [-0.2, 0) is 4.79 Å². The molecule has 0 spiro atoms. The topological polar surface area (TPSA) is 49.3 Å². The van der Waals surface area contributed by atoms with Crippen LogP contribution in [0.5, 0.6) is 0 Å². The van der Waals surface area contributed by atoms with Crippen LogP contribution in [0.4, 0.5) is 14.5 Å². The van der Waals surface area contributed by atoms with Gasteiger partial charge in [0, 0.05) is 12.6 Å². The highest BCUT2D eigenvalue weighted by Crippen LogP contribution is 2.21. The number of carboxylic acids is 1. The largest absolute Gasteiger partial charge is 0.481 e. The molecule has 0 bridgehead atoms. The summed E-state index contributed by atoms with van der Waals surface area (Å²) in [6, 6.07) is 3.22. The first kappa shape index (κ1) is 13.4. The van der Waals surface area contributed by atoms with Crippen LogP contribution in [0.15, 0.2) is 18.2 Å². The summed E-state index contributed by atoms with van der Waals surface area (Å²) in [6.45, 7) is 3.50. The van der Waals surface area contributed by atoms with E-state index < -0.39 is 23.0 Å². The van der Waals surface area contributed by atoms with Crippen molar-refractivity contribution in [1.82, 2.24) is 0 Å². The molecule has 1 aromatic rings. The molecule has 0 aliphatic carbocycles. The minimum atomic E-state index is -0.904. The van der Waals surface area contributed by atoms with Crippen LogP contribution in [0.2, 0.25) is 0 Å². The monoisotopic (exact) mass is 243 g/mol. The molecule has 0 radical (unpaired) electrons. The fraction of sp³-hybridized carbons (Fsp3) is 0.417. The van der Waals surface area contributed by atoms with E-state index in [9.17, 15) is 13.6 Å². The van der Waals surface area contributed by atoms with Crippen LogP contribution in [0, 0.1) is 17.0 Å². The Balaban J connectivity index is 2.54. The number of benzene rings is 1. The molecule has 0 saturated carbocycles. The predicted octanol–water partition coefficient (Wildman–Crippen LogP) is 2.88. The second-order valence-corrected chi connectivity index (χ2v) is 4.49. The van der Waals surface area contributed by atoms with Crippen LogP contribution < -0.4 is 5.32 Å². The Hall–Kier alpha value is -1.65. The Morgan fingerprint density at radius 2 is 2.06 bits per heavy atom. The fourth-order valence-electron chi connectivity index (χ4n) is 1.25. The van der Waals surface area contributed by atoms with Crippen molar-refractivity contribution >= 4 is 11.7 Å². The van der Waals surface area contributed by atoms with E-state index in [1.165, 1.54) is 6.07 Å². The lowest BCUT2D eigenvalue weighted by molar-refractivity contribution is -0.147. The molecular formula is C12H15F2NO2. The summed E-state index contributed by atoms with van der Waals surface area (Å²) in [4.78, 5) is 10.8. The van der Waals surface area contributed by atoms with Crippen LogP contribution in [0.1, 0.15) is 20.3 Å². The number of carbonyl (C=O) groups is 1. The molecule has 94 valence electrons. The smallest absolute Gasteiger partial charge is 0.309 e. The normalized spacial score (nSPS) is 11.3. The van der Waals surface area contributed by atoms with Crippen LogP contribution >= 0.6 is 0 Å². The highest BCUT2D eigenvalue weighted by atomic mass is 19.1. The molecule has 0 saturated heterocycles. The molecule has 0 aliphatic heterocycles. The van der Waals surface area contributed by atoms with Crippen molar-refractivity contribution in [2.45, 2.75) is 20.3 Å². The second kappa shape index (κ2) is 5.12. The molecule has 0 aromatic heterocycles. The van der Waals surface area contributed by atoms with Gasteiger partial charge in [0.1, 0.15) is 11.6 Å². The first-order valence-corrected chi connectivity index (χ1v) is 5.25. The van der Waals surface area contributed by atoms with Crippen LogP contribution in [0.25, 0.3) is 0 Å². The molecule has 0 fully saturated rings. The number of halogens is 2. The summed E-state index contributed by atoms with van der Waals surface area (Å²) in [5.74, 6) is -2.23. The van der Waals surface area contributed by atoms with Gasteiger partial charge in [-0.05, 0) is 32.4 Å². The summed E-state index contributed by atoms with van der Waals surface area (Å²) >= 11 is 0. The van der Waals surface area contributed by atoms with E-state index in [4.69, 9.17) is 5.11 Å². The third-order valence-electron chi connectivity index (χ3n) is 2.58. The van der Waals surface area contributed by atoms with Gasteiger partial charge in [-0.3, -0.25) is 4.79 Å². The number of aliphatic carboxylic acids is 1. The summed E-state index contributed by atoms with van der Waals surface area (Å²) in [7, 11) is 0. The number of carboxylic acid groups (broad SMARTS) is 1. The van der Waals surface area contributed by atoms with Crippen molar-refractivity contribution in [3.63, 3.8) is 0 Å². The molecule has 1 rings (SSSR count). The Kier molecular flexibility index (Phi) is 4.04. The van der Waals surface area contributed by atoms with Crippen molar-refractivity contribution in [2.24, 2.45) is 5.41 Å². The molecule has 0 heterocycles. The van der Waals surface area contributed by atoms with Gasteiger partial charge in [0.05, 0.1) is 11.1 Å². The predicted molar refractivity (Wildman–Crippen MR) is 60.9 cm³/mol. The lowest BCUT2D eigenvalue weighted by Gasteiger charge is -2.19. The molecule has 5 heteroatoms. The maximum absolute atomic E-state index is 13.2. The fourth-order valence-corrected chi connectivity index (χ4v) is 1.25. The van der Waals surface area contributed by atoms with E-state index in [0.717, 1.165) is 12.1 Å². The zero-order chi connectivity index (χ0) is 13.1. The molecule has 17 heavy (non-hydrogen) atoms. The first-order valence-electron chi connectivity index (χ1n) is 5.25. The average molecular weight is 243 g/mol. The lowest BCUT2D eigenvalue weighted by Crippen LogP contribution is -2.26. The van der Waals surface area contributed by atoms with Gasteiger partial charge in [0.2, 0.25) is 0 Å². The minimum absolute atomic E-state index is 0.174. The number of hydrogen-bond donors (Lipinski definition) is 2. The van der Waals surface area contributed by atoms with Gasteiger partial charge in [0.25, 0.3) is 0 Å². The number of rotatable bonds is 5. The van der Waals surface area contributed by atoms with E-state index in [1.54, 1.807) is 13.8 Å². The molecule has 0 atom stereocenters. The average Bonchev–Trinajstić information content (AvgIpc) is 2.21. The zero-order valence-electron chi connectivity index (χ0n) is 9.76. The lowest BCUT2D eigenvalue weighted by atomic mass is 9.90. The van der Waals surface area contributed by atoms with Gasteiger partial charge < -0.3 is 10.4 Å². The minimum Gasteiger partial charge on any atom is -0.481 e. The number of nitrogens with one attached hydrogen (secondary N) is 1. The second-order valence-electron chi connectivity index (χ2n) is 4.49. The van der Waals surface area contributed by atoms with Crippen molar-refractivity contribution < 1.29 is 18.7 Å². The maximum Gasteiger partial charge on any atom is 0.309 e. The van der Waals surface area contributed by atoms with Gasteiger partial charge in [-0.1, -0.05) is 0 Å². The van der Waals surface area contributed by atoms with Gasteiger partial charge in [-0.15, -0.1) is 0 Å². The van der Waals surface area contributed by atoms with Crippen LogP contribution in [-0.4, -0.2) is 17.6 Å². The van der Waals surface area contributed by atoms with Gasteiger partial charge >= 0.3 is 5.97 Å². The van der Waals surface area contributed by atoms with E-state index in [2.05, 4.69) is 5.32 Å². The quantitative estimate of drug-likeness (QED) is 0.836. The molecule has 0 unspecified atom stereocenters. The zero-order valence-corrected chi connectivity index (χ0v) is 9.76. The van der Waals surface area contributed by atoms with Crippen molar-refractivity contribution in [3.05, 3.63) is 29.8 Å². The summed E-state index contributed by atoms with van der Waals surface area (Å²) < 4.78 is 25.8. The van der Waals surface area contributed by atoms with Gasteiger partial charge in [-0.25, -0.2) is 8.78 Å². The Morgan fingerprint density at radius 3 is 2.59 bits per heavy atom. The summed E-state index contributed by atoms with van der Waals surface area (Å²) in [5.41, 5.74) is -0.698. The molecule has 0 aliphatic rings. The number of anilines is 1. The van der Waals surface area contributed by atoms with Crippen molar-refractivity contribution in [3.8, 4) is 0 Å². The molecule has 0 amide bonds. The molecule has 2 N–H and O–H groups in total. The van der Waals surface area contributed by atoms with E-state index >= 15 is 0 Å². The third-order valence-corrected chi connectivity index (χ3v) is 2.58. The molecular weight excluding hydrogens is 228 g/mol. The summed E-state index contributed by atoms with van der Waals surface area (Å²) in [6.07, 6.45) is 0.346.